The molecule has 0 saturated heterocycles. The monoisotopic (exact) mass is 397 g/mol. The van der Waals surface area contributed by atoms with Crippen LogP contribution in [0.3, 0.4) is 0 Å². The Morgan fingerprint density at radius 1 is 1.24 bits per heavy atom. The van der Waals surface area contributed by atoms with Crippen LogP contribution in [0.2, 0.25) is 0 Å². The topological polar surface area (TPSA) is 118 Å². The number of carbonyl (C=O) groups is 3. The summed E-state index contributed by atoms with van der Waals surface area (Å²) in [5.74, 6) is -2.52. The average Bonchev–Trinajstić information content (AvgIpc) is 3.13. The van der Waals surface area contributed by atoms with E-state index in [2.05, 4.69) is 15.5 Å². The van der Waals surface area contributed by atoms with Gasteiger partial charge in [0.25, 0.3) is 5.91 Å². The summed E-state index contributed by atoms with van der Waals surface area (Å²) >= 11 is 0. The summed E-state index contributed by atoms with van der Waals surface area (Å²) < 4.78 is 0. The van der Waals surface area contributed by atoms with Gasteiger partial charge in [0.1, 0.15) is 17.5 Å². The quantitative estimate of drug-likeness (QED) is 0.740. The van der Waals surface area contributed by atoms with E-state index in [1.807, 2.05) is 30.3 Å². The fourth-order valence-electron chi connectivity index (χ4n) is 3.39. The van der Waals surface area contributed by atoms with Crippen LogP contribution in [-0.2, 0) is 19.2 Å². The van der Waals surface area contributed by atoms with Gasteiger partial charge in [-0.2, -0.15) is 0 Å². The van der Waals surface area contributed by atoms with Crippen LogP contribution in [0.1, 0.15) is 39.3 Å². The number of fused-ring (bicyclic) bond motifs is 1. The zero-order valence-electron chi connectivity index (χ0n) is 16.5. The van der Waals surface area contributed by atoms with Crippen molar-refractivity contribution in [3.63, 3.8) is 0 Å². The van der Waals surface area contributed by atoms with Crippen molar-refractivity contribution >= 4 is 34.1 Å². The fourth-order valence-corrected chi connectivity index (χ4v) is 3.39. The Morgan fingerprint density at radius 2 is 1.97 bits per heavy atom. The number of pyridine rings is 1. The molecule has 0 bridgehead atoms. The summed E-state index contributed by atoms with van der Waals surface area (Å²) in [5.41, 5.74) is -0.237. The number of benzene rings is 1. The Labute approximate surface area is 167 Å². The van der Waals surface area contributed by atoms with Crippen molar-refractivity contribution in [3.05, 3.63) is 42.2 Å². The molecule has 0 spiro atoms. The Balaban J connectivity index is 1.89. The second kappa shape index (κ2) is 7.98. The Kier molecular flexibility index (Phi) is 5.63. The Morgan fingerprint density at radius 3 is 2.62 bits per heavy atom. The summed E-state index contributed by atoms with van der Waals surface area (Å²) in [6.07, 6.45) is 1.51. The maximum absolute atomic E-state index is 13.0. The van der Waals surface area contributed by atoms with Gasteiger partial charge in [-0.1, -0.05) is 43.3 Å². The van der Waals surface area contributed by atoms with Crippen LogP contribution in [0.5, 0.6) is 0 Å². The second-order valence-electron chi connectivity index (χ2n) is 7.50. The summed E-state index contributed by atoms with van der Waals surface area (Å²) in [6, 6.07) is 8.26. The summed E-state index contributed by atoms with van der Waals surface area (Å²) in [5, 5.41) is 17.8. The van der Waals surface area contributed by atoms with E-state index in [-0.39, 0.29) is 24.5 Å². The highest BCUT2D eigenvalue weighted by molar-refractivity contribution is 6.12. The number of ketones is 1. The Bertz CT molecular complexity index is 995. The molecule has 29 heavy (non-hydrogen) atoms. The van der Waals surface area contributed by atoms with Gasteiger partial charge < -0.3 is 15.3 Å². The molecule has 1 unspecified atom stereocenters. The van der Waals surface area contributed by atoms with Crippen molar-refractivity contribution < 1.29 is 24.3 Å². The van der Waals surface area contributed by atoms with Crippen LogP contribution < -0.4 is 5.32 Å². The predicted molar refractivity (Wildman–Crippen MR) is 106 cm³/mol. The van der Waals surface area contributed by atoms with Crippen molar-refractivity contribution in [2.75, 3.05) is 0 Å². The molecule has 0 aliphatic carbocycles. The van der Waals surface area contributed by atoms with E-state index < -0.39 is 23.5 Å². The first kappa shape index (κ1) is 20.4. The Hall–Kier alpha value is -3.29. The van der Waals surface area contributed by atoms with Crippen molar-refractivity contribution in [1.29, 1.82) is 0 Å². The summed E-state index contributed by atoms with van der Waals surface area (Å²) in [7, 11) is 0. The molecule has 2 atom stereocenters. The molecule has 1 aromatic carbocycles. The van der Waals surface area contributed by atoms with Gasteiger partial charge in [0.2, 0.25) is 5.60 Å². The molecule has 0 radical (unpaired) electrons. The van der Waals surface area contributed by atoms with Crippen molar-refractivity contribution in [3.8, 4) is 0 Å². The second-order valence-corrected chi connectivity index (χ2v) is 7.50. The van der Waals surface area contributed by atoms with E-state index in [9.17, 15) is 19.5 Å². The smallest absolute Gasteiger partial charge is 0.326 e. The molecular weight excluding hydrogens is 374 g/mol. The minimum Gasteiger partial charge on any atom is -0.480 e. The third-order valence-corrected chi connectivity index (χ3v) is 5.11. The molecule has 1 aliphatic heterocycles. The first-order valence-electron chi connectivity index (χ1n) is 9.37. The van der Waals surface area contributed by atoms with E-state index in [1.165, 1.54) is 6.92 Å². The lowest BCUT2D eigenvalue weighted by molar-refractivity contribution is -0.154. The summed E-state index contributed by atoms with van der Waals surface area (Å²) in [4.78, 5) is 45.9. The number of hydrogen-bond acceptors (Lipinski definition) is 6. The molecule has 1 amide bonds. The van der Waals surface area contributed by atoms with Gasteiger partial charge >= 0.3 is 5.97 Å². The van der Waals surface area contributed by atoms with Gasteiger partial charge in [0.15, 0.2) is 0 Å². The molecule has 152 valence electrons. The van der Waals surface area contributed by atoms with Crippen LogP contribution in [-0.4, -0.2) is 45.1 Å². The lowest BCUT2D eigenvalue weighted by Gasteiger charge is -2.30. The maximum Gasteiger partial charge on any atom is 0.326 e. The molecule has 1 aliphatic rings. The third kappa shape index (κ3) is 3.96. The highest BCUT2D eigenvalue weighted by Crippen LogP contribution is 2.35. The number of nitrogens with one attached hydrogen (secondary N) is 1. The predicted octanol–water partition coefficient (Wildman–Crippen LogP) is 2.30. The maximum atomic E-state index is 13.0. The van der Waals surface area contributed by atoms with Gasteiger partial charge in [0, 0.05) is 30.3 Å². The minimum absolute atomic E-state index is 0.143. The molecule has 8 nitrogen and oxygen atoms in total. The van der Waals surface area contributed by atoms with Gasteiger partial charge in [-0.15, -0.1) is 0 Å². The minimum atomic E-state index is -1.38. The van der Waals surface area contributed by atoms with Crippen molar-refractivity contribution in [1.82, 2.24) is 10.3 Å². The van der Waals surface area contributed by atoms with Gasteiger partial charge in [-0.3, -0.25) is 14.6 Å². The first-order chi connectivity index (χ1) is 13.7. The van der Waals surface area contributed by atoms with Gasteiger partial charge in [-0.25, -0.2) is 4.79 Å². The number of aromatic nitrogens is 1. The lowest BCUT2D eigenvalue weighted by atomic mass is 9.83. The highest BCUT2D eigenvalue weighted by atomic mass is 16.7. The standard InChI is InChI=1S/C21H23N3O5/c1-12(2)21(20(28)23-16(19(26)27)10-13(3)25)11-17(24-29-21)18-15-7-5-4-6-14(15)8-9-22-18/h4-9,12,16H,10-11H2,1-3H3,(H,23,28)(H,26,27)/t16?,21-/m1/s1. The normalized spacial score (nSPS) is 19.5. The van der Waals surface area contributed by atoms with Gasteiger partial charge in [0.05, 0.1) is 5.69 Å². The highest BCUT2D eigenvalue weighted by Gasteiger charge is 2.50. The molecule has 2 N–H and O–H groups in total. The summed E-state index contributed by atoms with van der Waals surface area (Å²) in [6.45, 7) is 4.88. The van der Waals surface area contributed by atoms with Gasteiger partial charge in [-0.05, 0) is 18.4 Å². The number of carboxylic acid groups (broad SMARTS) is 1. The molecule has 8 heteroatoms. The van der Waals surface area contributed by atoms with E-state index >= 15 is 0 Å². The molecule has 2 aromatic rings. The van der Waals surface area contributed by atoms with Crippen LogP contribution in [0.4, 0.5) is 0 Å². The molecule has 3 rings (SSSR count). The number of amides is 1. The number of Topliss-reactive ketones (excluding diaryl/α,β-unsaturated/α-hetero) is 1. The van der Waals surface area contributed by atoms with Crippen LogP contribution in [0.15, 0.2) is 41.7 Å². The molecule has 0 saturated carbocycles. The number of aliphatic carboxylic acids is 1. The first-order valence-corrected chi connectivity index (χ1v) is 9.37. The van der Waals surface area contributed by atoms with Crippen LogP contribution in [0.25, 0.3) is 10.8 Å². The zero-order valence-corrected chi connectivity index (χ0v) is 16.5. The lowest BCUT2D eigenvalue weighted by Crippen LogP contribution is -2.55. The van der Waals surface area contributed by atoms with E-state index in [0.29, 0.717) is 11.4 Å². The van der Waals surface area contributed by atoms with E-state index in [4.69, 9.17) is 4.84 Å². The number of hydrogen-bond donors (Lipinski definition) is 2. The van der Waals surface area contributed by atoms with Crippen molar-refractivity contribution in [2.24, 2.45) is 11.1 Å². The van der Waals surface area contributed by atoms with Crippen LogP contribution in [0, 0.1) is 5.92 Å². The van der Waals surface area contributed by atoms with Crippen LogP contribution >= 0.6 is 0 Å². The number of carboxylic acids is 1. The largest absolute Gasteiger partial charge is 0.480 e. The van der Waals surface area contributed by atoms with E-state index in [0.717, 1.165) is 10.8 Å². The fraction of sp³-hybridized carbons (Fsp3) is 0.381. The van der Waals surface area contributed by atoms with Crippen molar-refractivity contribution in [2.45, 2.75) is 45.3 Å². The number of nitrogens with zero attached hydrogens (tertiary/aromatic N) is 2. The SMILES string of the molecule is CC(=O)CC(NC(=O)[C@]1(C(C)C)CC(c2nccc3ccccc23)=NO1)C(=O)O. The molecule has 0 fully saturated rings. The third-order valence-electron chi connectivity index (χ3n) is 5.11. The molecule has 2 heterocycles. The number of rotatable bonds is 7. The average molecular weight is 397 g/mol. The van der Waals surface area contributed by atoms with E-state index in [1.54, 1.807) is 20.0 Å². The number of carbonyl (C=O) groups excluding carboxylic acids is 2. The zero-order chi connectivity index (χ0) is 21.2. The molecule has 1 aromatic heterocycles. The number of oxime groups is 1. The molecular formula is C21H23N3O5.